The highest BCUT2D eigenvalue weighted by Gasteiger charge is 2.19. The number of nitrogens with zero attached hydrogens (tertiary/aromatic N) is 6. The number of nitriles is 1. The van der Waals surface area contributed by atoms with Crippen molar-refractivity contribution in [3.63, 3.8) is 0 Å². The average molecular weight is 492 g/mol. The topological polar surface area (TPSA) is 115 Å². The molecule has 0 spiro atoms. The van der Waals surface area contributed by atoms with Crippen LogP contribution in [-0.2, 0) is 13.1 Å². The van der Waals surface area contributed by atoms with Crippen molar-refractivity contribution >= 4 is 17.5 Å². The third-order valence-electron chi connectivity index (χ3n) is 6.00. The fourth-order valence-electron chi connectivity index (χ4n) is 4.14. The zero-order valence-corrected chi connectivity index (χ0v) is 20.5. The highest BCUT2D eigenvalue weighted by molar-refractivity contribution is 5.71. The number of hydrogen-bond acceptors (Lipinski definition) is 8. The van der Waals surface area contributed by atoms with Gasteiger partial charge in [0.15, 0.2) is 5.65 Å². The first-order chi connectivity index (χ1) is 18.1. The molecule has 0 fully saturated rings. The van der Waals surface area contributed by atoms with Gasteiger partial charge < -0.3 is 20.1 Å². The lowest BCUT2D eigenvalue weighted by molar-refractivity contribution is 0.414. The second-order valence-corrected chi connectivity index (χ2v) is 8.39. The van der Waals surface area contributed by atoms with Crippen LogP contribution >= 0.6 is 0 Å². The molecule has 37 heavy (non-hydrogen) atoms. The maximum absolute atomic E-state index is 9.69. The van der Waals surface area contributed by atoms with Gasteiger partial charge in [0, 0.05) is 24.7 Å². The predicted octanol–water partition coefficient (Wildman–Crippen LogP) is 4.47. The Balaban J connectivity index is 1.64. The Morgan fingerprint density at radius 2 is 1.46 bits per heavy atom. The summed E-state index contributed by atoms with van der Waals surface area (Å²) in [4.78, 5) is 11.5. The Bertz CT molecular complexity index is 1520. The van der Waals surface area contributed by atoms with Crippen molar-refractivity contribution < 1.29 is 9.47 Å². The summed E-state index contributed by atoms with van der Waals surface area (Å²) in [5, 5.41) is 14.1. The van der Waals surface area contributed by atoms with E-state index in [1.807, 2.05) is 66.7 Å². The summed E-state index contributed by atoms with van der Waals surface area (Å²) in [5.41, 5.74) is 10.5. The van der Waals surface area contributed by atoms with E-state index in [9.17, 15) is 5.26 Å². The molecule has 0 amide bonds. The van der Waals surface area contributed by atoms with Crippen molar-refractivity contribution in [2.45, 2.75) is 13.1 Å². The van der Waals surface area contributed by atoms with Gasteiger partial charge in [0.25, 0.3) is 0 Å². The van der Waals surface area contributed by atoms with Crippen LogP contribution in [0.4, 0.5) is 11.9 Å². The molecule has 0 aliphatic rings. The van der Waals surface area contributed by atoms with Crippen molar-refractivity contribution in [2.24, 2.45) is 0 Å². The zero-order valence-electron chi connectivity index (χ0n) is 20.5. The fraction of sp³-hybridized carbons (Fsp3) is 0.143. The number of aromatic nitrogens is 4. The Morgan fingerprint density at radius 3 is 2.03 bits per heavy atom. The molecule has 0 saturated heterocycles. The van der Waals surface area contributed by atoms with E-state index in [1.165, 1.54) is 0 Å². The van der Waals surface area contributed by atoms with Gasteiger partial charge >= 0.3 is 0 Å². The SMILES string of the molecule is COc1ccc(CN(Cc2ccc(OC)cc2)c2nc(-c3ccccc3C#N)cc3nc(N)nn23)cc1. The molecule has 0 atom stereocenters. The smallest absolute Gasteiger partial charge is 0.240 e. The van der Waals surface area contributed by atoms with Crippen LogP contribution in [0.3, 0.4) is 0 Å². The van der Waals surface area contributed by atoms with Gasteiger partial charge in [-0.1, -0.05) is 42.5 Å². The number of benzene rings is 3. The summed E-state index contributed by atoms with van der Waals surface area (Å²) in [6.07, 6.45) is 0. The first kappa shape index (κ1) is 23.6. The van der Waals surface area contributed by atoms with Gasteiger partial charge in [-0.05, 0) is 41.5 Å². The molecule has 2 aromatic heterocycles. The second kappa shape index (κ2) is 10.3. The lowest BCUT2D eigenvalue weighted by Gasteiger charge is -2.25. The molecule has 3 aromatic carbocycles. The summed E-state index contributed by atoms with van der Waals surface area (Å²) in [7, 11) is 3.29. The number of ether oxygens (including phenoxy) is 2. The molecule has 2 N–H and O–H groups in total. The minimum absolute atomic E-state index is 0.141. The quantitative estimate of drug-likeness (QED) is 0.338. The van der Waals surface area contributed by atoms with Gasteiger partial charge in [-0.2, -0.15) is 14.8 Å². The zero-order chi connectivity index (χ0) is 25.8. The van der Waals surface area contributed by atoms with Crippen LogP contribution in [-0.4, -0.2) is 33.8 Å². The van der Waals surface area contributed by atoms with Gasteiger partial charge in [0.05, 0.1) is 31.5 Å². The molecule has 184 valence electrons. The van der Waals surface area contributed by atoms with E-state index in [2.05, 4.69) is 21.1 Å². The van der Waals surface area contributed by atoms with Crippen molar-refractivity contribution in [1.82, 2.24) is 19.6 Å². The summed E-state index contributed by atoms with van der Waals surface area (Å²) in [6, 6.07) is 27.2. The third kappa shape index (κ3) is 4.99. The van der Waals surface area contributed by atoms with E-state index < -0.39 is 0 Å². The highest BCUT2D eigenvalue weighted by atomic mass is 16.5. The van der Waals surface area contributed by atoms with Crippen LogP contribution in [0.25, 0.3) is 16.9 Å². The Hall–Kier alpha value is -5.10. The minimum atomic E-state index is 0.141. The number of nitrogens with two attached hydrogens (primary N) is 1. The minimum Gasteiger partial charge on any atom is -0.497 e. The molecule has 0 radical (unpaired) electrons. The molecule has 9 heteroatoms. The van der Waals surface area contributed by atoms with E-state index >= 15 is 0 Å². The first-order valence-corrected chi connectivity index (χ1v) is 11.6. The van der Waals surface area contributed by atoms with Crippen molar-refractivity contribution in [3.8, 4) is 28.8 Å². The molecule has 0 saturated carbocycles. The Morgan fingerprint density at radius 1 is 0.865 bits per heavy atom. The van der Waals surface area contributed by atoms with Gasteiger partial charge in [0.1, 0.15) is 11.5 Å². The normalized spacial score (nSPS) is 10.7. The number of fused-ring (bicyclic) bond motifs is 1. The van der Waals surface area contributed by atoms with Crippen LogP contribution in [0.2, 0.25) is 0 Å². The highest BCUT2D eigenvalue weighted by Crippen LogP contribution is 2.28. The first-order valence-electron chi connectivity index (χ1n) is 11.6. The molecular formula is C28H25N7O2. The van der Waals surface area contributed by atoms with Crippen molar-refractivity contribution in [3.05, 3.63) is 95.6 Å². The molecule has 5 rings (SSSR count). The summed E-state index contributed by atoms with van der Waals surface area (Å²) in [6.45, 7) is 1.06. The molecule has 0 bridgehead atoms. The maximum Gasteiger partial charge on any atom is 0.240 e. The summed E-state index contributed by atoms with van der Waals surface area (Å²) >= 11 is 0. The standard InChI is InChI=1S/C28H25N7O2/c1-36-22-11-7-19(8-12-22)17-34(18-20-9-13-23(37-2)14-10-20)28-31-25(15-26-32-27(30)33-35(26)28)24-6-4-3-5-21(24)16-29/h3-15H,17-18H2,1-2H3,(H2,30,33). The molecule has 0 unspecified atom stereocenters. The van der Waals surface area contributed by atoms with Crippen LogP contribution in [0.15, 0.2) is 78.9 Å². The van der Waals surface area contributed by atoms with Gasteiger partial charge in [-0.3, -0.25) is 0 Å². The molecular weight excluding hydrogens is 466 g/mol. The van der Waals surface area contributed by atoms with Gasteiger partial charge in [-0.15, -0.1) is 5.10 Å². The number of anilines is 2. The predicted molar refractivity (Wildman–Crippen MR) is 141 cm³/mol. The van der Waals surface area contributed by atoms with Crippen LogP contribution in [0, 0.1) is 11.3 Å². The largest absolute Gasteiger partial charge is 0.497 e. The Kier molecular flexibility index (Phi) is 6.55. The van der Waals surface area contributed by atoms with Crippen LogP contribution in [0.1, 0.15) is 16.7 Å². The molecule has 2 heterocycles. The Labute approximate surface area is 214 Å². The lowest BCUT2D eigenvalue weighted by atomic mass is 10.1. The van der Waals surface area contributed by atoms with Crippen LogP contribution in [0.5, 0.6) is 11.5 Å². The molecule has 9 nitrogen and oxygen atoms in total. The van der Waals surface area contributed by atoms with Gasteiger partial charge in [0.2, 0.25) is 11.9 Å². The van der Waals surface area contributed by atoms with E-state index in [-0.39, 0.29) is 5.95 Å². The van der Waals surface area contributed by atoms with E-state index in [0.29, 0.717) is 41.5 Å². The molecule has 0 aliphatic carbocycles. The molecule has 5 aromatic rings. The van der Waals surface area contributed by atoms with Crippen molar-refractivity contribution in [1.29, 1.82) is 5.26 Å². The second-order valence-electron chi connectivity index (χ2n) is 8.39. The number of methoxy groups -OCH3 is 2. The fourth-order valence-corrected chi connectivity index (χ4v) is 4.14. The average Bonchev–Trinajstić information content (AvgIpc) is 3.33. The lowest BCUT2D eigenvalue weighted by Crippen LogP contribution is -2.26. The number of hydrogen-bond donors (Lipinski definition) is 1. The summed E-state index contributed by atoms with van der Waals surface area (Å²) in [5.74, 6) is 2.26. The van der Waals surface area contributed by atoms with E-state index in [4.69, 9.17) is 20.2 Å². The van der Waals surface area contributed by atoms with E-state index in [0.717, 1.165) is 22.6 Å². The van der Waals surface area contributed by atoms with Gasteiger partial charge in [-0.25, -0.2) is 4.98 Å². The van der Waals surface area contributed by atoms with E-state index in [1.54, 1.807) is 30.9 Å². The van der Waals surface area contributed by atoms with Crippen LogP contribution < -0.4 is 20.1 Å². The molecule has 0 aliphatic heterocycles. The number of nitrogen functional groups attached to an aromatic ring is 1. The number of rotatable bonds is 8. The monoisotopic (exact) mass is 491 g/mol. The van der Waals surface area contributed by atoms with Crippen molar-refractivity contribution in [2.75, 3.05) is 24.9 Å². The summed E-state index contributed by atoms with van der Waals surface area (Å²) < 4.78 is 12.3. The third-order valence-corrected chi connectivity index (χ3v) is 6.00. The maximum atomic E-state index is 9.69.